The maximum atomic E-state index is 12.7. The highest BCUT2D eigenvalue weighted by molar-refractivity contribution is 8.16. The van der Waals surface area contributed by atoms with Crippen molar-refractivity contribution in [2.24, 2.45) is 10.9 Å². The molecule has 2 aliphatic heterocycles. The molecular weight excluding hydrogens is 392 g/mol. The van der Waals surface area contributed by atoms with Gasteiger partial charge in [-0.1, -0.05) is 54.8 Å². The number of amides is 1. The number of hydrogen-bond acceptors (Lipinski definition) is 4. The Morgan fingerprint density at radius 3 is 2.62 bits per heavy atom. The van der Waals surface area contributed by atoms with Gasteiger partial charge >= 0.3 is 0 Å². The molecular formula is C18H21ClN2O3S2. The van der Waals surface area contributed by atoms with Crippen LogP contribution in [0.4, 0.5) is 5.69 Å². The number of rotatable bonds is 2. The molecule has 2 saturated heterocycles. The Labute approximate surface area is 163 Å². The molecule has 1 aliphatic carbocycles. The van der Waals surface area contributed by atoms with Crippen LogP contribution in [0, 0.1) is 5.92 Å². The second kappa shape index (κ2) is 7.17. The van der Waals surface area contributed by atoms with Crippen LogP contribution in [0.15, 0.2) is 29.3 Å². The molecule has 3 fully saturated rings. The molecule has 0 radical (unpaired) electrons. The Bertz CT molecular complexity index is 850. The van der Waals surface area contributed by atoms with Crippen LogP contribution in [0.1, 0.15) is 32.1 Å². The summed E-state index contributed by atoms with van der Waals surface area (Å²) in [7, 11) is -3.08. The Morgan fingerprint density at radius 2 is 1.88 bits per heavy atom. The van der Waals surface area contributed by atoms with Crippen LogP contribution >= 0.6 is 23.4 Å². The van der Waals surface area contributed by atoms with Crippen LogP contribution in [0.5, 0.6) is 0 Å². The van der Waals surface area contributed by atoms with E-state index >= 15 is 0 Å². The molecule has 0 aromatic heterocycles. The van der Waals surface area contributed by atoms with Crippen LogP contribution in [0.25, 0.3) is 0 Å². The largest absolute Gasteiger partial charge is 0.314 e. The summed E-state index contributed by atoms with van der Waals surface area (Å²) >= 11 is 7.78. The zero-order valence-corrected chi connectivity index (χ0v) is 16.7. The van der Waals surface area contributed by atoms with Gasteiger partial charge in [-0.25, -0.2) is 8.42 Å². The standard InChI is InChI=1S/C18H21ClN2O3S2/c19-13-8-4-5-9-14(13)21-15-10-26(23,24)11-16(15)25-18(21)20-17(22)12-6-2-1-3-7-12/h4-5,8-9,12,15-16H,1-3,6-7,10-11H2/t15-,16-/m0/s1. The lowest BCUT2D eigenvalue weighted by atomic mass is 9.89. The summed E-state index contributed by atoms with van der Waals surface area (Å²) in [6.07, 6.45) is 5.13. The van der Waals surface area contributed by atoms with E-state index in [2.05, 4.69) is 4.99 Å². The molecule has 2 heterocycles. The van der Waals surface area contributed by atoms with Gasteiger partial charge in [-0.2, -0.15) is 4.99 Å². The Hall–Kier alpha value is -1.05. The van der Waals surface area contributed by atoms with E-state index in [-0.39, 0.29) is 34.6 Å². The number of thioether (sulfide) groups is 1. The molecule has 0 unspecified atom stereocenters. The third-order valence-electron chi connectivity index (χ3n) is 5.34. The number of hydrogen-bond donors (Lipinski definition) is 0. The highest BCUT2D eigenvalue weighted by Crippen LogP contribution is 2.43. The number of amidine groups is 1. The molecule has 0 N–H and O–H groups in total. The summed E-state index contributed by atoms with van der Waals surface area (Å²) in [6.45, 7) is 0. The van der Waals surface area contributed by atoms with E-state index in [1.807, 2.05) is 23.1 Å². The Balaban J connectivity index is 1.68. The second-order valence-corrected chi connectivity index (χ2v) is 11.0. The SMILES string of the molecule is O=C(N=C1S[C@H]2CS(=O)(=O)C[C@@H]2N1c1ccccc1Cl)C1CCCCC1. The lowest BCUT2D eigenvalue weighted by Gasteiger charge is -2.26. The van der Waals surface area contributed by atoms with Crippen LogP contribution in [-0.2, 0) is 14.6 Å². The summed E-state index contributed by atoms with van der Waals surface area (Å²) in [5.74, 6) is 0.119. The molecule has 1 aromatic rings. The van der Waals surface area contributed by atoms with Crippen molar-refractivity contribution in [3.05, 3.63) is 29.3 Å². The molecule has 26 heavy (non-hydrogen) atoms. The molecule has 1 saturated carbocycles. The topological polar surface area (TPSA) is 66.8 Å². The van der Waals surface area contributed by atoms with E-state index < -0.39 is 9.84 Å². The lowest BCUT2D eigenvalue weighted by Crippen LogP contribution is -2.38. The molecule has 4 rings (SSSR count). The number of aliphatic imine (C=N–C) groups is 1. The number of benzene rings is 1. The quantitative estimate of drug-likeness (QED) is 0.743. The summed E-state index contributed by atoms with van der Waals surface area (Å²) < 4.78 is 24.2. The Kier molecular flexibility index (Phi) is 5.05. The van der Waals surface area contributed by atoms with E-state index in [1.165, 1.54) is 18.2 Å². The first-order valence-corrected chi connectivity index (χ1v) is 12.1. The molecule has 3 aliphatic rings. The van der Waals surface area contributed by atoms with Crippen LogP contribution in [0.3, 0.4) is 0 Å². The summed E-state index contributed by atoms with van der Waals surface area (Å²) in [4.78, 5) is 19.0. The number of sulfone groups is 1. The van der Waals surface area contributed by atoms with Crippen molar-refractivity contribution in [2.75, 3.05) is 16.4 Å². The Morgan fingerprint density at radius 1 is 1.15 bits per heavy atom. The molecule has 1 amide bonds. The number of halogens is 1. The van der Waals surface area contributed by atoms with E-state index in [4.69, 9.17) is 11.6 Å². The molecule has 140 valence electrons. The van der Waals surface area contributed by atoms with Gasteiger partial charge in [0.25, 0.3) is 5.91 Å². The smallest absolute Gasteiger partial charge is 0.251 e. The first-order chi connectivity index (χ1) is 12.4. The number of fused-ring (bicyclic) bond motifs is 1. The van der Waals surface area contributed by atoms with Gasteiger partial charge < -0.3 is 4.90 Å². The van der Waals surface area contributed by atoms with Crippen molar-refractivity contribution in [1.29, 1.82) is 0 Å². The summed E-state index contributed by atoms with van der Waals surface area (Å²) in [5.41, 5.74) is 0.724. The number of nitrogens with zero attached hydrogens (tertiary/aromatic N) is 2. The molecule has 5 nitrogen and oxygen atoms in total. The fourth-order valence-corrected chi connectivity index (χ4v) is 8.17. The van der Waals surface area contributed by atoms with Crippen molar-refractivity contribution < 1.29 is 13.2 Å². The maximum Gasteiger partial charge on any atom is 0.251 e. The number of para-hydroxylation sites is 1. The number of carbonyl (C=O) groups is 1. The van der Waals surface area contributed by atoms with Gasteiger partial charge in [-0.15, -0.1) is 0 Å². The van der Waals surface area contributed by atoms with Crippen molar-refractivity contribution >= 4 is 50.0 Å². The van der Waals surface area contributed by atoms with Crippen LogP contribution in [-0.4, -0.2) is 42.3 Å². The molecule has 0 spiro atoms. The predicted molar refractivity (Wildman–Crippen MR) is 107 cm³/mol. The van der Waals surface area contributed by atoms with Gasteiger partial charge in [0.1, 0.15) is 0 Å². The van der Waals surface area contributed by atoms with Gasteiger partial charge in [-0.3, -0.25) is 4.79 Å². The number of anilines is 1. The average Bonchev–Trinajstić information content (AvgIpc) is 3.07. The van der Waals surface area contributed by atoms with E-state index in [0.717, 1.165) is 31.4 Å². The minimum Gasteiger partial charge on any atom is -0.314 e. The molecule has 2 atom stereocenters. The first-order valence-electron chi connectivity index (χ1n) is 8.98. The van der Waals surface area contributed by atoms with Crippen molar-refractivity contribution in [1.82, 2.24) is 0 Å². The predicted octanol–water partition coefficient (Wildman–Crippen LogP) is 3.52. The van der Waals surface area contributed by atoms with Crippen molar-refractivity contribution in [3.8, 4) is 0 Å². The lowest BCUT2D eigenvalue weighted by molar-refractivity contribution is -0.122. The van der Waals surface area contributed by atoms with Gasteiger partial charge in [0.2, 0.25) is 0 Å². The fraction of sp³-hybridized carbons (Fsp3) is 0.556. The van der Waals surface area contributed by atoms with Gasteiger partial charge in [0, 0.05) is 11.2 Å². The zero-order chi connectivity index (χ0) is 18.3. The first kappa shape index (κ1) is 18.3. The van der Waals surface area contributed by atoms with Crippen molar-refractivity contribution in [3.63, 3.8) is 0 Å². The van der Waals surface area contributed by atoms with Gasteiger partial charge in [0.15, 0.2) is 15.0 Å². The molecule has 8 heteroatoms. The van der Waals surface area contributed by atoms with Gasteiger partial charge in [0.05, 0.1) is 28.3 Å². The van der Waals surface area contributed by atoms with E-state index in [9.17, 15) is 13.2 Å². The highest BCUT2D eigenvalue weighted by atomic mass is 35.5. The third-order valence-corrected chi connectivity index (χ3v) is 8.87. The van der Waals surface area contributed by atoms with Crippen molar-refractivity contribution in [2.45, 2.75) is 43.4 Å². The highest BCUT2D eigenvalue weighted by Gasteiger charge is 2.49. The number of carbonyl (C=O) groups excluding carboxylic acids is 1. The average molecular weight is 413 g/mol. The third kappa shape index (κ3) is 3.53. The minimum atomic E-state index is -3.08. The van der Waals surface area contributed by atoms with Crippen LogP contribution < -0.4 is 4.90 Å². The summed E-state index contributed by atoms with van der Waals surface area (Å²) in [5, 5.41) is 1.03. The van der Waals surface area contributed by atoms with Crippen LogP contribution in [0.2, 0.25) is 5.02 Å². The molecule has 0 bridgehead atoms. The zero-order valence-electron chi connectivity index (χ0n) is 14.3. The van der Waals surface area contributed by atoms with E-state index in [1.54, 1.807) is 6.07 Å². The fourth-order valence-electron chi connectivity index (χ4n) is 4.03. The monoisotopic (exact) mass is 412 g/mol. The second-order valence-electron chi connectivity index (χ2n) is 7.19. The summed E-state index contributed by atoms with van der Waals surface area (Å²) in [6, 6.07) is 7.11. The minimum absolute atomic E-state index is 0.00545. The molecule has 1 aromatic carbocycles. The normalized spacial score (nSPS) is 29.9. The van der Waals surface area contributed by atoms with Gasteiger partial charge in [-0.05, 0) is 25.0 Å². The van der Waals surface area contributed by atoms with E-state index in [0.29, 0.717) is 10.2 Å². The maximum absolute atomic E-state index is 12.7.